The molecule has 4 atom stereocenters. The minimum atomic E-state index is -1.20. The van der Waals surface area contributed by atoms with Crippen molar-refractivity contribution >= 4 is 17.7 Å². The minimum Gasteiger partial charge on any atom is -0.492 e. The van der Waals surface area contributed by atoms with Crippen molar-refractivity contribution in [2.75, 3.05) is 26.9 Å². The minimum absolute atomic E-state index is 0.0353. The molecule has 0 saturated carbocycles. The number of ketones is 1. The van der Waals surface area contributed by atoms with E-state index in [0.717, 1.165) is 5.56 Å². The number of amides is 1. The van der Waals surface area contributed by atoms with Crippen molar-refractivity contribution < 1.29 is 43.5 Å². The number of ether oxygens (including phenoxy) is 3. The van der Waals surface area contributed by atoms with Gasteiger partial charge in [-0.3, -0.25) is 14.6 Å². The fourth-order valence-corrected chi connectivity index (χ4v) is 4.08. The summed E-state index contributed by atoms with van der Waals surface area (Å²) in [5.41, 5.74) is 1.11. The predicted molar refractivity (Wildman–Crippen MR) is 135 cm³/mol. The molecule has 1 aromatic heterocycles. The fraction of sp³-hybridized carbons (Fsp3) is 0.481. The van der Waals surface area contributed by atoms with Gasteiger partial charge in [-0.25, -0.2) is 14.6 Å². The third-order valence-electron chi connectivity index (χ3n) is 6.16. The van der Waals surface area contributed by atoms with E-state index in [2.05, 4.69) is 10.3 Å². The topological polar surface area (TPSA) is 143 Å². The van der Waals surface area contributed by atoms with Gasteiger partial charge >= 0.3 is 5.97 Å². The molecule has 206 valence electrons. The molecule has 2 N–H and O–H groups in total. The molecule has 0 spiro atoms. The molecule has 1 unspecified atom stereocenters. The van der Waals surface area contributed by atoms with Crippen LogP contribution >= 0.6 is 0 Å². The molecule has 1 aromatic carbocycles. The Hall–Kier alpha value is -3.54. The van der Waals surface area contributed by atoms with Crippen molar-refractivity contribution in [3.05, 3.63) is 53.9 Å². The van der Waals surface area contributed by atoms with Crippen molar-refractivity contribution in [1.82, 2.24) is 10.3 Å². The van der Waals surface area contributed by atoms with E-state index < -0.39 is 24.0 Å². The summed E-state index contributed by atoms with van der Waals surface area (Å²) in [7, 11) is 1.35. The standard InChI is InChI=1S/C27H34N2O9/c1-4-35-24(27(32)33)16-36-23-15-28-14-19(25(23)34-3)26(31)29-20-10-11-37-38-22(17(2)12-21(20)30)13-18-8-6-5-7-9-18/h5-9,14-15,17,20,22,24H,4,10-13,16H2,1-3H3,(H,29,31)(H,32,33)/t17-,20-,22+,24?/m0/s1. The number of rotatable bonds is 11. The van der Waals surface area contributed by atoms with Crippen LogP contribution in [0.1, 0.15) is 42.6 Å². The number of hydrogen-bond acceptors (Lipinski definition) is 9. The van der Waals surface area contributed by atoms with Gasteiger partial charge in [0.05, 0.1) is 32.1 Å². The summed E-state index contributed by atoms with van der Waals surface area (Å²) in [5, 5.41) is 12.0. The molecule has 1 aliphatic rings. The molecule has 3 rings (SSSR count). The molecule has 11 heteroatoms. The lowest BCUT2D eigenvalue weighted by Gasteiger charge is -2.22. The molecular formula is C27H34N2O9. The van der Waals surface area contributed by atoms with E-state index in [0.29, 0.717) is 6.42 Å². The second-order valence-corrected chi connectivity index (χ2v) is 8.92. The average Bonchev–Trinajstić information content (AvgIpc) is 2.97. The molecular weight excluding hydrogens is 496 g/mol. The van der Waals surface area contributed by atoms with Crippen LogP contribution in [0.5, 0.6) is 11.5 Å². The van der Waals surface area contributed by atoms with Crippen molar-refractivity contribution in [1.29, 1.82) is 0 Å². The highest BCUT2D eigenvalue weighted by Crippen LogP contribution is 2.30. The summed E-state index contributed by atoms with van der Waals surface area (Å²) in [6.45, 7) is 3.57. The average molecular weight is 531 g/mol. The lowest BCUT2D eigenvalue weighted by atomic mass is 9.91. The number of carbonyl (C=O) groups is 3. The van der Waals surface area contributed by atoms with E-state index >= 15 is 0 Å². The maximum atomic E-state index is 13.2. The molecule has 2 aromatic rings. The predicted octanol–water partition coefficient (Wildman–Crippen LogP) is 2.62. The fourth-order valence-electron chi connectivity index (χ4n) is 4.08. The molecule has 0 radical (unpaired) electrons. The second kappa shape index (κ2) is 14.4. The number of Topliss-reactive ketones (excluding diaryl/α,β-unsaturated/α-hetero) is 1. The Labute approximate surface area is 221 Å². The van der Waals surface area contributed by atoms with E-state index in [-0.39, 0.29) is 67.5 Å². The number of aliphatic carboxylic acids is 1. The van der Waals surface area contributed by atoms with E-state index in [4.69, 9.17) is 24.0 Å². The first-order valence-corrected chi connectivity index (χ1v) is 12.5. The number of carboxylic acids is 1. The zero-order valence-electron chi connectivity index (χ0n) is 21.8. The largest absolute Gasteiger partial charge is 0.492 e. The van der Waals surface area contributed by atoms with Crippen LogP contribution in [0.4, 0.5) is 0 Å². The van der Waals surface area contributed by atoms with Gasteiger partial charge in [0.1, 0.15) is 12.2 Å². The quantitative estimate of drug-likeness (QED) is 0.416. The summed E-state index contributed by atoms with van der Waals surface area (Å²) in [6.07, 6.45) is 2.08. The van der Waals surface area contributed by atoms with Crippen LogP contribution in [0.2, 0.25) is 0 Å². The van der Waals surface area contributed by atoms with Crippen molar-refractivity contribution in [3.8, 4) is 11.5 Å². The first-order valence-electron chi connectivity index (χ1n) is 12.5. The molecule has 2 heterocycles. The third kappa shape index (κ3) is 7.98. The Morgan fingerprint density at radius 2 is 2.00 bits per heavy atom. The van der Waals surface area contributed by atoms with Gasteiger partial charge in [-0.05, 0) is 18.4 Å². The molecule has 1 fully saturated rings. The summed E-state index contributed by atoms with van der Waals surface area (Å²) >= 11 is 0. The van der Waals surface area contributed by atoms with Crippen LogP contribution < -0.4 is 14.8 Å². The molecule has 11 nitrogen and oxygen atoms in total. The first-order chi connectivity index (χ1) is 18.3. The SMILES string of the molecule is CCOC(COc1cncc(C(=O)N[C@H]2CCOO[C@H](Cc3ccccc3)[C@@H](C)CC2=O)c1OC)C(=O)O. The molecule has 1 amide bonds. The molecule has 0 aliphatic carbocycles. The lowest BCUT2D eigenvalue weighted by molar-refractivity contribution is -0.331. The first kappa shape index (κ1) is 29.0. The van der Waals surface area contributed by atoms with Crippen LogP contribution in [0.3, 0.4) is 0 Å². The highest BCUT2D eigenvalue weighted by molar-refractivity contribution is 6.00. The van der Waals surface area contributed by atoms with Gasteiger partial charge in [0.15, 0.2) is 23.4 Å². The Morgan fingerprint density at radius 3 is 2.68 bits per heavy atom. The number of carboxylic acid groups (broad SMARTS) is 1. The molecule has 1 saturated heterocycles. The number of methoxy groups -OCH3 is 1. The zero-order chi connectivity index (χ0) is 27.5. The van der Waals surface area contributed by atoms with Gasteiger partial charge in [-0.1, -0.05) is 37.3 Å². The Balaban J connectivity index is 1.69. The van der Waals surface area contributed by atoms with Crippen molar-refractivity contribution in [2.24, 2.45) is 5.92 Å². The van der Waals surface area contributed by atoms with E-state index in [1.54, 1.807) is 6.92 Å². The number of nitrogens with one attached hydrogen (secondary N) is 1. The molecule has 0 bridgehead atoms. The lowest BCUT2D eigenvalue weighted by Crippen LogP contribution is -2.42. The van der Waals surface area contributed by atoms with Gasteiger partial charge in [-0.2, -0.15) is 0 Å². The highest BCUT2D eigenvalue weighted by Gasteiger charge is 2.31. The summed E-state index contributed by atoms with van der Waals surface area (Å²) < 4.78 is 16.1. The van der Waals surface area contributed by atoms with Crippen molar-refractivity contribution in [2.45, 2.75) is 51.4 Å². The van der Waals surface area contributed by atoms with Crippen LogP contribution in [-0.4, -0.2) is 72.9 Å². The number of benzene rings is 1. The summed E-state index contributed by atoms with van der Waals surface area (Å²) in [4.78, 5) is 52.7. The number of hydrogen-bond donors (Lipinski definition) is 2. The highest BCUT2D eigenvalue weighted by atomic mass is 17.2. The Kier molecular flexibility index (Phi) is 11.0. The van der Waals surface area contributed by atoms with Gasteiger partial charge in [0.2, 0.25) is 0 Å². The van der Waals surface area contributed by atoms with Gasteiger partial charge < -0.3 is 24.6 Å². The van der Waals surface area contributed by atoms with Crippen molar-refractivity contribution in [3.63, 3.8) is 0 Å². The van der Waals surface area contributed by atoms with Crippen LogP contribution in [-0.2, 0) is 30.5 Å². The van der Waals surface area contributed by atoms with Crippen LogP contribution in [0.15, 0.2) is 42.7 Å². The maximum Gasteiger partial charge on any atom is 0.336 e. The maximum absolute atomic E-state index is 13.2. The number of nitrogens with zero attached hydrogens (tertiary/aromatic N) is 1. The monoisotopic (exact) mass is 530 g/mol. The van der Waals surface area contributed by atoms with Crippen LogP contribution in [0.25, 0.3) is 0 Å². The van der Waals surface area contributed by atoms with E-state index in [9.17, 15) is 19.5 Å². The zero-order valence-corrected chi connectivity index (χ0v) is 21.8. The Bertz CT molecular complexity index is 1080. The Morgan fingerprint density at radius 1 is 1.24 bits per heavy atom. The normalized spacial score (nSPS) is 20.9. The second-order valence-electron chi connectivity index (χ2n) is 8.92. The van der Waals surface area contributed by atoms with E-state index in [1.165, 1.54) is 19.5 Å². The smallest absolute Gasteiger partial charge is 0.336 e. The number of aromatic nitrogens is 1. The van der Waals surface area contributed by atoms with Gasteiger partial charge in [0.25, 0.3) is 5.91 Å². The van der Waals surface area contributed by atoms with Crippen LogP contribution in [0, 0.1) is 5.92 Å². The number of pyridine rings is 1. The summed E-state index contributed by atoms with van der Waals surface area (Å²) in [5.74, 6) is -1.94. The third-order valence-corrected chi connectivity index (χ3v) is 6.16. The molecule has 1 aliphatic heterocycles. The molecule has 38 heavy (non-hydrogen) atoms. The van der Waals surface area contributed by atoms with Gasteiger partial charge in [0, 0.05) is 32.1 Å². The number of carbonyl (C=O) groups excluding carboxylic acids is 2. The van der Waals surface area contributed by atoms with E-state index in [1.807, 2.05) is 37.3 Å². The van der Waals surface area contributed by atoms with Gasteiger partial charge in [-0.15, -0.1) is 0 Å². The summed E-state index contributed by atoms with van der Waals surface area (Å²) in [6, 6.07) is 8.99.